The van der Waals surface area contributed by atoms with Gasteiger partial charge in [-0.25, -0.2) is 0 Å². The highest BCUT2D eigenvalue weighted by Gasteiger charge is 2.23. The SMILES string of the molecule is CC1CCNCC1NC(=O)c1cc(Br)cs1.Cl. The Morgan fingerprint density at radius 3 is 3.00 bits per heavy atom. The van der Waals surface area contributed by atoms with Crippen molar-refractivity contribution in [2.45, 2.75) is 19.4 Å². The lowest BCUT2D eigenvalue weighted by Gasteiger charge is -2.30. The lowest BCUT2D eigenvalue weighted by atomic mass is 9.95. The van der Waals surface area contributed by atoms with E-state index in [1.807, 2.05) is 11.4 Å². The Labute approximate surface area is 120 Å². The molecule has 0 bridgehead atoms. The molecular weight excluding hydrogens is 324 g/mol. The van der Waals surface area contributed by atoms with Crippen molar-refractivity contribution in [1.29, 1.82) is 0 Å². The van der Waals surface area contributed by atoms with Crippen molar-refractivity contribution in [3.63, 3.8) is 0 Å². The molecule has 0 radical (unpaired) electrons. The van der Waals surface area contributed by atoms with Gasteiger partial charge in [-0.2, -0.15) is 0 Å². The van der Waals surface area contributed by atoms with Crippen LogP contribution in [0, 0.1) is 5.92 Å². The summed E-state index contributed by atoms with van der Waals surface area (Å²) in [5, 5.41) is 8.32. The summed E-state index contributed by atoms with van der Waals surface area (Å²) < 4.78 is 0.970. The van der Waals surface area contributed by atoms with Crippen LogP contribution in [0.15, 0.2) is 15.9 Å². The van der Waals surface area contributed by atoms with Gasteiger partial charge in [0.1, 0.15) is 0 Å². The maximum absolute atomic E-state index is 11.9. The molecule has 1 aliphatic rings. The molecule has 0 spiro atoms. The lowest BCUT2D eigenvalue weighted by Crippen LogP contribution is -2.50. The van der Waals surface area contributed by atoms with E-state index < -0.39 is 0 Å². The number of hydrogen-bond donors (Lipinski definition) is 2. The predicted molar refractivity (Wildman–Crippen MR) is 77.2 cm³/mol. The standard InChI is InChI=1S/C11H15BrN2OS.ClH/c1-7-2-3-13-5-9(7)14-11(15)10-4-8(12)6-16-10;/h4,6-7,9,13H,2-3,5H2,1H3,(H,14,15);1H. The van der Waals surface area contributed by atoms with Gasteiger partial charge in [-0.05, 0) is 40.9 Å². The van der Waals surface area contributed by atoms with Crippen LogP contribution in [0.3, 0.4) is 0 Å². The first-order chi connectivity index (χ1) is 7.66. The highest BCUT2D eigenvalue weighted by molar-refractivity contribution is 9.10. The molecule has 1 aliphatic heterocycles. The minimum Gasteiger partial charge on any atom is -0.347 e. The van der Waals surface area contributed by atoms with Crippen LogP contribution in [0.5, 0.6) is 0 Å². The summed E-state index contributed by atoms with van der Waals surface area (Å²) in [4.78, 5) is 12.7. The van der Waals surface area contributed by atoms with Gasteiger partial charge in [0.2, 0.25) is 0 Å². The summed E-state index contributed by atoms with van der Waals surface area (Å²) in [7, 11) is 0. The fourth-order valence-corrected chi connectivity index (χ4v) is 3.18. The van der Waals surface area contributed by atoms with Gasteiger partial charge in [0, 0.05) is 22.4 Å². The molecule has 1 fully saturated rings. The van der Waals surface area contributed by atoms with E-state index in [2.05, 4.69) is 33.5 Å². The number of hydrogen-bond acceptors (Lipinski definition) is 3. The number of carbonyl (C=O) groups excluding carboxylic acids is 1. The van der Waals surface area contributed by atoms with E-state index in [0.29, 0.717) is 5.92 Å². The van der Waals surface area contributed by atoms with E-state index in [1.54, 1.807) is 0 Å². The smallest absolute Gasteiger partial charge is 0.261 e. The molecule has 1 aromatic heterocycles. The van der Waals surface area contributed by atoms with E-state index in [-0.39, 0.29) is 24.4 Å². The number of piperidine rings is 1. The third kappa shape index (κ3) is 3.95. The number of rotatable bonds is 2. The molecule has 3 nitrogen and oxygen atoms in total. The zero-order valence-electron chi connectivity index (χ0n) is 9.53. The van der Waals surface area contributed by atoms with Gasteiger partial charge in [0.05, 0.1) is 4.88 Å². The van der Waals surface area contributed by atoms with Crippen molar-refractivity contribution in [3.05, 3.63) is 20.8 Å². The molecule has 0 saturated carbocycles. The Hall–Kier alpha value is -0.100. The van der Waals surface area contributed by atoms with Crippen molar-refractivity contribution >= 4 is 45.6 Å². The molecule has 6 heteroatoms. The van der Waals surface area contributed by atoms with E-state index in [9.17, 15) is 4.79 Å². The van der Waals surface area contributed by atoms with Crippen molar-refractivity contribution in [1.82, 2.24) is 10.6 Å². The maximum atomic E-state index is 11.9. The second-order valence-electron chi connectivity index (χ2n) is 4.18. The van der Waals surface area contributed by atoms with Crippen molar-refractivity contribution in [2.24, 2.45) is 5.92 Å². The average Bonchev–Trinajstić information content (AvgIpc) is 2.68. The van der Waals surface area contributed by atoms with Crippen LogP contribution in [-0.2, 0) is 0 Å². The van der Waals surface area contributed by atoms with Gasteiger partial charge in [-0.1, -0.05) is 6.92 Å². The number of carbonyl (C=O) groups is 1. The first kappa shape index (κ1) is 15.0. The maximum Gasteiger partial charge on any atom is 0.261 e. The molecule has 2 unspecified atom stereocenters. The first-order valence-electron chi connectivity index (χ1n) is 5.42. The molecular formula is C11H16BrClN2OS. The third-order valence-corrected chi connectivity index (χ3v) is 4.63. The average molecular weight is 340 g/mol. The Morgan fingerprint density at radius 1 is 1.65 bits per heavy atom. The van der Waals surface area contributed by atoms with Gasteiger partial charge >= 0.3 is 0 Å². The van der Waals surface area contributed by atoms with Crippen LogP contribution in [-0.4, -0.2) is 25.0 Å². The van der Waals surface area contributed by atoms with Gasteiger partial charge in [-0.15, -0.1) is 23.7 Å². The Balaban J connectivity index is 0.00000144. The molecule has 0 aromatic carbocycles. The Bertz CT molecular complexity index is 385. The van der Waals surface area contributed by atoms with Crippen LogP contribution in [0.4, 0.5) is 0 Å². The summed E-state index contributed by atoms with van der Waals surface area (Å²) in [6, 6.07) is 2.11. The number of halogens is 2. The van der Waals surface area contributed by atoms with Crippen LogP contribution in [0.25, 0.3) is 0 Å². The van der Waals surface area contributed by atoms with Gasteiger partial charge in [-0.3, -0.25) is 4.79 Å². The monoisotopic (exact) mass is 338 g/mol. The molecule has 2 N–H and O–H groups in total. The quantitative estimate of drug-likeness (QED) is 0.870. The van der Waals surface area contributed by atoms with E-state index in [4.69, 9.17) is 0 Å². The summed E-state index contributed by atoms with van der Waals surface area (Å²) >= 11 is 4.82. The Morgan fingerprint density at radius 2 is 2.41 bits per heavy atom. The fraction of sp³-hybridized carbons (Fsp3) is 0.545. The summed E-state index contributed by atoms with van der Waals surface area (Å²) in [5.41, 5.74) is 0. The van der Waals surface area contributed by atoms with Crippen LogP contribution < -0.4 is 10.6 Å². The highest BCUT2D eigenvalue weighted by atomic mass is 79.9. The zero-order chi connectivity index (χ0) is 11.5. The van der Waals surface area contributed by atoms with Gasteiger partial charge in [0.25, 0.3) is 5.91 Å². The molecule has 1 amide bonds. The normalized spacial score (nSPS) is 23.9. The molecule has 0 aliphatic carbocycles. The van der Waals surface area contributed by atoms with Crippen LogP contribution in [0.1, 0.15) is 23.0 Å². The third-order valence-electron chi connectivity index (χ3n) is 2.94. The first-order valence-corrected chi connectivity index (χ1v) is 7.09. The zero-order valence-corrected chi connectivity index (χ0v) is 12.8. The van der Waals surface area contributed by atoms with Gasteiger partial charge < -0.3 is 10.6 Å². The minimum atomic E-state index is 0. The van der Waals surface area contributed by atoms with E-state index in [1.165, 1.54) is 11.3 Å². The van der Waals surface area contributed by atoms with E-state index >= 15 is 0 Å². The van der Waals surface area contributed by atoms with E-state index in [0.717, 1.165) is 28.9 Å². The Kier molecular flexibility index (Phi) is 5.92. The van der Waals surface area contributed by atoms with Crippen LogP contribution in [0.2, 0.25) is 0 Å². The summed E-state index contributed by atoms with van der Waals surface area (Å²) in [6.07, 6.45) is 1.12. The molecule has 17 heavy (non-hydrogen) atoms. The largest absolute Gasteiger partial charge is 0.347 e. The second-order valence-corrected chi connectivity index (χ2v) is 6.01. The molecule has 1 aromatic rings. The number of amides is 1. The molecule has 2 atom stereocenters. The summed E-state index contributed by atoms with van der Waals surface area (Å²) in [5.74, 6) is 0.588. The topological polar surface area (TPSA) is 41.1 Å². The molecule has 2 rings (SSSR count). The fourth-order valence-electron chi connectivity index (χ4n) is 1.85. The van der Waals surface area contributed by atoms with Crippen molar-refractivity contribution < 1.29 is 4.79 Å². The number of thiophene rings is 1. The minimum absolute atomic E-state index is 0. The summed E-state index contributed by atoms with van der Waals surface area (Å²) in [6.45, 7) is 4.12. The molecule has 1 saturated heterocycles. The van der Waals surface area contributed by atoms with Crippen LogP contribution >= 0.6 is 39.7 Å². The lowest BCUT2D eigenvalue weighted by molar-refractivity contribution is 0.0919. The molecule has 2 heterocycles. The molecule has 96 valence electrons. The highest BCUT2D eigenvalue weighted by Crippen LogP contribution is 2.20. The second kappa shape index (κ2) is 6.73. The predicted octanol–water partition coefficient (Wildman–Crippen LogP) is 2.66. The number of nitrogens with one attached hydrogen (secondary N) is 2. The van der Waals surface area contributed by atoms with Crippen molar-refractivity contribution in [2.75, 3.05) is 13.1 Å². The van der Waals surface area contributed by atoms with Gasteiger partial charge in [0.15, 0.2) is 0 Å². The van der Waals surface area contributed by atoms with Crippen molar-refractivity contribution in [3.8, 4) is 0 Å².